The van der Waals surface area contributed by atoms with Crippen LogP contribution in [0.25, 0.3) is 0 Å². The van der Waals surface area contributed by atoms with Gasteiger partial charge in [0.1, 0.15) is 183 Å². The highest BCUT2D eigenvalue weighted by Gasteiger charge is 2.61. The Morgan fingerprint density at radius 1 is 0.417 bits per heavy atom. The summed E-state index contributed by atoms with van der Waals surface area (Å²) in [6.07, 6.45) is -79.4. The Hall–Kier alpha value is -3.64. The highest BCUT2D eigenvalue weighted by Crippen LogP contribution is 2.40. The second-order valence-electron chi connectivity index (χ2n) is 26.1. The Labute approximate surface area is 582 Å². The van der Waals surface area contributed by atoms with E-state index < -0.39 is 327 Å². The van der Waals surface area contributed by atoms with Crippen LogP contribution >= 0.6 is 0 Å². The fraction of sp³-hybridized carbons (Fsp3) is 0.930. The molecule has 0 saturated carbocycles. The number of carbonyl (C=O) groups is 4. The molecule has 46 heteroatoms. The van der Waals surface area contributed by atoms with Gasteiger partial charge < -0.3 is 210 Å². The third-order valence-electron chi connectivity index (χ3n) is 18.8. The van der Waals surface area contributed by atoms with E-state index in [0.717, 1.165) is 20.8 Å². The Morgan fingerprint density at radius 3 is 1.36 bits per heavy atom. The van der Waals surface area contributed by atoms with Crippen LogP contribution in [0.1, 0.15) is 34.1 Å². The number of carboxylic acid groups (broad SMARTS) is 1. The summed E-state index contributed by atoms with van der Waals surface area (Å²) in [4.78, 5) is 52.3. The zero-order valence-electron chi connectivity index (χ0n) is 55.2. The average molecular weight is 1510 g/mol. The fourth-order valence-electron chi connectivity index (χ4n) is 13.1. The molecule has 3 amide bonds. The van der Waals surface area contributed by atoms with Crippen LogP contribution in [0.3, 0.4) is 0 Å². The lowest BCUT2D eigenvalue weighted by atomic mass is 9.88. The van der Waals surface area contributed by atoms with Crippen molar-refractivity contribution in [3.63, 3.8) is 0 Å². The standard InChI is InChI=1S/C57H95N3O43/c1-13-28(71)34(77)39(82)52(91-13)101-47-27(60-16(4)68)50(95-22(10-65)44(47)99-53-40(83)35(78)30(73)19(7-62)93-53)89-11-23-33(76)48(42(85)55(97-23)98-43-21(9-64)92-49(86)38(81)37(43)80)102-51-26(59-15(3)67)45(100-54-41(84)36(79)31(74)20(8-63)94-54)32(75)24(96-51)12-90-57(56(87)88)5-17(69)25(58-14(2)66)46(103-57)29(72)18(70)6-61/h13,17-55,61-65,69-86H,5-12H2,1-4H3,(H,58,66)(H,59,67)(H,60,68)(H,87,88)/t13-,17-,18+,19+,20+,21+,22+,23+,24+,25+,26+,27+,28+,29+,30-,31-,32+,33-,34+,35-,36-,37+,38+,39-,40+,41-,42+,43+,44+,45+,46+,47+,48-,49?,50+,51-,52-,53-,54-,55-,57+/m0/s1. The van der Waals surface area contributed by atoms with Gasteiger partial charge in [-0.25, -0.2) is 4.79 Å². The molecule has 0 aromatic carbocycles. The lowest BCUT2D eigenvalue weighted by molar-refractivity contribution is -0.389. The summed E-state index contributed by atoms with van der Waals surface area (Å²) >= 11 is 0. The van der Waals surface area contributed by atoms with Crippen LogP contribution < -0.4 is 16.0 Å². The van der Waals surface area contributed by atoms with E-state index in [1.807, 2.05) is 0 Å². The number of hydrogen-bond donors (Lipinski definition) is 27. The molecule has 8 rings (SSSR count). The molecule has 1 unspecified atom stereocenters. The minimum Gasteiger partial charge on any atom is -0.477 e. The summed E-state index contributed by atoms with van der Waals surface area (Å²) in [6.45, 7) is -4.03. The molecule has 8 heterocycles. The lowest BCUT2D eigenvalue weighted by Crippen LogP contribution is -2.71. The van der Waals surface area contributed by atoms with E-state index in [1.165, 1.54) is 6.92 Å². The van der Waals surface area contributed by atoms with Gasteiger partial charge in [-0.05, 0) is 6.92 Å². The molecule has 41 atom stereocenters. The minimum absolute atomic E-state index is 0.870. The van der Waals surface area contributed by atoms with Crippen molar-refractivity contribution in [2.75, 3.05) is 46.2 Å². The largest absolute Gasteiger partial charge is 0.477 e. The number of nitrogens with one attached hydrogen (secondary N) is 3. The second-order valence-corrected chi connectivity index (χ2v) is 26.1. The Balaban J connectivity index is 1.19. The Morgan fingerprint density at radius 2 is 0.835 bits per heavy atom. The maximum absolute atomic E-state index is 13.4. The molecular weight excluding hydrogens is 1410 g/mol. The minimum atomic E-state index is -3.22. The maximum Gasteiger partial charge on any atom is 0.364 e. The van der Waals surface area contributed by atoms with Crippen LogP contribution in [0.15, 0.2) is 0 Å². The van der Waals surface area contributed by atoms with E-state index in [0.29, 0.717) is 0 Å². The summed E-state index contributed by atoms with van der Waals surface area (Å²) in [5.41, 5.74) is 0. The Kier molecular flexibility index (Phi) is 29.9. The molecule has 0 spiro atoms. The lowest BCUT2D eigenvalue weighted by Gasteiger charge is -2.51. The van der Waals surface area contributed by atoms with Crippen LogP contribution in [0.4, 0.5) is 0 Å². The molecule has 8 saturated heterocycles. The monoisotopic (exact) mass is 1510 g/mol. The molecule has 0 radical (unpaired) electrons. The van der Waals surface area contributed by atoms with Crippen molar-refractivity contribution in [3.8, 4) is 0 Å². The van der Waals surface area contributed by atoms with E-state index >= 15 is 0 Å². The van der Waals surface area contributed by atoms with Crippen LogP contribution in [0.5, 0.6) is 0 Å². The first-order valence-electron chi connectivity index (χ1n) is 32.6. The highest BCUT2D eigenvalue weighted by atomic mass is 16.8. The predicted molar refractivity (Wildman–Crippen MR) is 315 cm³/mol. The van der Waals surface area contributed by atoms with Crippen molar-refractivity contribution >= 4 is 23.7 Å². The molecule has 46 nitrogen and oxygen atoms in total. The second kappa shape index (κ2) is 36.3. The molecule has 0 aliphatic carbocycles. The zero-order chi connectivity index (χ0) is 76.3. The summed E-state index contributed by atoms with van der Waals surface area (Å²) < 4.78 is 88.7. The molecule has 0 aromatic rings. The first kappa shape index (κ1) is 85.0. The normalized spacial score (nSPS) is 48.3. The number of aliphatic hydroxyl groups excluding tert-OH is 23. The molecule has 0 aromatic heterocycles. The summed E-state index contributed by atoms with van der Waals surface area (Å²) in [7, 11) is 0. The van der Waals surface area contributed by atoms with Gasteiger partial charge in [0.15, 0.2) is 44.0 Å². The van der Waals surface area contributed by atoms with Gasteiger partial charge in [0.05, 0.1) is 64.5 Å². The number of aliphatic hydroxyl groups is 23. The van der Waals surface area contributed by atoms with Gasteiger partial charge in [-0.15, -0.1) is 0 Å². The van der Waals surface area contributed by atoms with Gasteiger partial charge in [-0.3, -0.25) is 14.4 Å². The molecule has 103 heavy (non-hydrogen) atoms. The first-order chi connectivity index (χ1) is 48.5. The van der Waals surface area contributed by atoms with E-state index in [-0.39, 0.29) is 0 Å². The smallest absolute Gasteiger partial charge is 0.364 e. The first-order valence-corrected chi connectivity index (χ1v) is 32.6. The van der Waals surface area contributed by atoms with Crippen molar-refractivity contribution < 1.29 is 213 Å². The van der Waals surface area contributed by atoms with E-state index in [2.05, 4.69) is 16.0 Å². The quantitative estimate of drug-likeness (QED) is 0.0363. The van der Waals surface area contributed by atoms with Crippen molar-refractivity contribution in [1.29, 1.82) is 0 Å². The molecule has 0 bridgehead atoms. The summed E-state index contributed by atoms with van der Waals surface area (Å²) in [5.74, 6) is -8.23. The van der Waals surface area contributed by atoms with Gasteiger partial charge in [0.25, 0.3) is 5.79 Å². The van der Waals surface area contributed by atoms with Crippen LogP contribution in [-0.4, -0.2) is 444 Å². The third kappa shape index (κ3) is 18.6. The molecule has 27 N–H and O–H groups in total. The SMILES string of the molecule is CC(=O)N[C@H]1[C@H](OC[C@H]2O[C@@H](O[C@H]3[C@H](O)[C@@H](O)C(O)O[C@@H]3CO)[C@H](O)[C@@H](O[C@@H]3O[C@H](CO[C@]4(C(=O)O)C[C@H](O)[C@@H](NC(C)=O)[C@H]([C@H](O)[C@H](O)CO)O4)[C@@H](O)[C@H](O[C@@H]4O[C@H](CO)[C@H](O)[C@H](O)[C@@H]4O)[C@H]3NC(C)=O)[C@H]2O)O[C@H](CO)[C@@H](O[C@@H]2O[C@H](CO)[C@H](O)[C@H](O)[C@H]2O)[C@@H]1O[C@@H]1O[C@@H](C)[C@@H](O)[C@@H](O)[C@@H]1O. The molecule has 8 fully saturated rings. The number of amides is 3. The highest BCUT2D eigenvalue weighted by molar-refractivity contribution is 5.77. The topological polar surface area (TPSA) is 728 Å². The average Bonchev–Trinajstić information content (AvgIpc) is 0.767. The van der Waals surface area contributed by atoms with E-state index in [9.17, 15) is 142 Å². The van der Waals surface area contributed by atoms with Gasteiger partial charge in [0, 0.05) is 27.2 Å². The van der Waals surface area contributed by atoms with Gasteiger partial charge >= 0.3 is 5.97 Å². The predicted octanol–water partition coefficient (Wildman–Crippen LogP) is -17.8. The summed E-state index contributed by atoms with van der Waals surface area (Å²) in [5, 5.41) is 270. The zero-order valence-corrected chi connectivity index (χ0v) is 55.2. The maximum atomic E-state index is 13.4. The van der Waals surface area contributed by atoms with Crippen molar-refractivity contribution in [2.45, 2.75) is 285 Å². The van der Waals surface area contributed by atoms with E-state index in [1.54, 1.807) is 0 Å². The van der Waals surface area contributed by atoms with Crippen molar-refractivity contribution in [1.82, 2.24) is 16.0 Å². The molecule has 8 aliphatic heterocycles. The fourth-order valence-corrected chi connectivity index (χ4v) is 13.1. The van der Waals surface area contributed by atoms with Crippen LogP contribution in [-0.2, 0) is 90.2 Å². The van der Waals surface area contributed by atoms with Gasteiger partial charge in [-0.1, -0.05) is 0 Å². The Bertz CT molecular complexity index is 2720. The van der Waals surface area contributed by atoms with Crippen molar-refractivity contribution in [2.24, 2.45) is 0 Å². The van der Waals surface area contributed by atoms with Crippen LogP contribution in [0, 0.1) is 0 Å². The van der Waals surface area contributed by atoms with Crippen LogP contribution in [0.2, 0.25) is 0 Å². The van der Waals surface area contributed by atoms with Gasteiger partial charge in [-0.2, -0.15) is 0 Å². The molecular formula is C57H95N3O43. The summed E-state index contributed by atoms with van der Waals surface area (Å²) in [6, 6.07) is -5.78. The van der Waals surface area contributed by atoms with Crippen molar-refractivity contribution in [3.05, 3.63) is 0 Å². The number of ether oxygens (including phenoxy) is 15. The number of carboxylic acids is 1. The molecule has 596 valence electrons. The number of hydrogen-bond acceptors (Lipinski definition) is 42. The molecule has 8 aliphatic rings. The number of rotatable bonds is 27. The number of aliphatic carboxylic acids is 1. The number of carbonyl (C=O) groups excluding carboxylic acids is 3. The van der Waals surface area contributed by atoms with Gasteiger partial charge in [0.2, 0.25) is 17.7 Å². The van der Waals surface area contributed by atoms with E-state index in [4.69, 9.17) is 71.1 Å². The third-order valence-corrected chi connectivity index (χ3v) is 18.8.